The third kappa shape index (κ3) is 4.69. The van der Waals surface area contributed by atoms with E-state index in [1.54, 1.807) is 24.3 Å². The molecule has 1 N–H and O–H groups in total. The summed E-state index contributed by atoms with van der Waals surface area (Å²) in [5.41, 5.74) is 0.536. The molecule has 12 heteroatoms. The lowest BCUT2D eigenvalue weighted by Crippen LogP contribution is -2.27. The van der Waals surface area contributed by atoms with E-state index in [0.717, 1.165) is 0 Å². The second-order valence-corrected chi connectivity index (χ2v) is 10.8. The van der Waals surface area contributed by atoms with E-state index in [2.05, 4.69) is 15.3 Å². The molecule has 1 heterocycles. The number of amides is 1. The first-order valence-corrected chi connectivity index (χ1v) is 12.4. The third-order valence-corrected chi connectivity index (χ3v) is 8.29. The summed E-state index contributed by atoms with van der Waals surface area (Å²) in [7, 11) is -5.41. The molecular formula is C19H21N3O7S2. The molecule has 1 aromatic rings. The molecule has 0 aromatic carbocycles. The minimum absolute atomic E-state index is 0.104. The quantitative estimate of drug-likeness (QED) is 0.596. The largest absolute Gasteiger partial charge is 0.481 e. The zero-order chi connectivity index (χ0) is 22.8. The summed E-state index contributed by atoms with van der Waals surface area (Å²) in [6.07, 6.45) is 7.91. The minimum atomic E-state index is -4.29. The van der Waals surface area contributed by atoms with Crippen LogP contribution in [0.2, 0.25) is 0 Å². The monoisotopic (exact) mass is 467 g/mol. The van der Waals surface area contributed by atoms with E-state index >= 15 is 0 Å². The summed E-state index contributed by atoms with van der Waals surface area (Å²) in [5.74, 6) is -2.94. The van der Waals surface area contributed by atoms with Crippen molar-refractivity contribution < 1.29 is 31.1 Å². The molecule has 1 aromatic heterocycles. The summed E-state index contributed by atoms with van der Waals surface area (Å²) in [6, 6.07) is 1.38. The molecule has 1 atom stereocenters. The van der Waals surface area contributed by atoms with Crippen molar-refractivity contribution in [2.75, 3.05) is 31.0 Å². The fraction of sp³-hybridized carbons (Fsp3) is 0.316. The number of methoxy groups -OCH3 is 2. The lowest BCUT2D eigenvalue weighted by Gasteiger charge is -2.17. The molecule has 0 bridgehead atoms. The Bertz CT molecular complexity index is 1220. The van der Waals surface area contributed by atoms with Gasteiger partial charge in [0.25, 0.3) is 0 Å². The summed E-state index contributed by atoms with van der Waals surface area (Å²) >= 11 is 0. The first kappa shape index (κ1) is 22.7. The van der Waals surface area contributed by atoms with Gasteiger partial charge in [-0.2, -0.15) is 9.97 Å². The zero-order valence-electron chi connectivity index (χ0n) is 17.0. The molecule has 0 fully saturated rings. The standard InChI is InChI=1S/C19H21N3O7S2/c1-4-30(24,25)14-9-12-7-5-6-8-13(12)18(14)31(26,27)11-15(23)20-19-21-16(28-2)10-17(22-19)29-3/h5-10,13H,4,11H2,1-3H3,(H,20,21,22,23). The third-order valence-electron chi connectivity index (χ3n) is 4.61. The number of nitrogens with one attached hydrogen (secondary N) is 1. The highest BCUT2D eigenvalue weighted by molar-refractivity contribution is 7.99. The number of anilines is 1. The summed E-state index contributed by atoms with van der Waals surface area (Å²) in [5, 5.41) is 2.29. The van der Waals surface area contributed by atoms with Gasteiger partial charge in [0.05, 0.1) is 35.8 Å². The SMILES string of the molecule is CCS(=O)(=O)C1=C(S(=O)(=O)CC(=O)Nc2nc(OC)cc(OC)n2)C2C=CC=CC2=C1. The highest BCUT2D eigenvalue weighted by Gasteiger charge is 2.39. The maximum absolute atomic E-state index is 13.1. The predicted molar refractivity (Wildman–Crippen MR) is 114 cm³/mol. The van der Waals surface area contributed by atoms with Crippen LogP contribution in [0.25, 0.3) is 0 Å². The van der Waals surface area contributed by atoms with Gasteiger partial charge < -0.3 is 9.47 Å². The van der Waals surface area contributed by atoms with E-state index in [-0.39, 0.29) is 33.3 Å². The Kier molecular flexibility index (Phi) is 6.32. The smallest absolute Gasteiger partial charge is 0.242 e. The van der Waals surface area contributed by atoms with E-state index in [0.29, 0.717) is 5.57 Å². The summed E-state index contributed by atoms with van der Waals surface area (Å²) in [4.78, 5) is 19.8. The van der Waals surface area contributed by atoms with Crippen LogP contribution in [0.4, 0.5) is 5.95 Å². The second kappa shape index (κ2) is 8.63. The zero-order valence-corrected chi connectivity index (χ0v) is 18.7. The van der Waals surface area contributed by atoms with Crippen LogP contribution < -0.4 is 14.8 Å². The van der Waals surface area contributed by atoms with Gasteiger partial charge in [-0.25, -0.2) is 16.8 Å². The van der Waals surface area contributed by atoms with Crippen molar-refractivity contribution in [3.05, 3.63) is 51.8 Å². The van der Waals surface area contributed by atoms with Gasteiger partial charge in [0.15, 0.2) is 19.7 Å². The number of aromatic nitrogens is 2. The number of allylic oxidation sites excluding steroid dienone is 7. The van der Waals surface area contributed by atoms with Crippen molar-refractivity contribution in [3.8, 4) is 11.8 Å². The van der Waals surface area contributed by atoms with Crippen LogP contribution in [-0.2, 0) is 24.5 Å². The molecule has 0 saturated heterocycles. The first-order valence-electron chi connectivity index (χ1n) is 9.14. The Morgan fingerprint density at radius 1 is 1.06 bits per heavy atom. The number of rotatable bonds is 8. The summed E-state index contributed by atoms with van der Waals surface area (Å²) < 4.78 is 61.4. The van der Waals surface area contributed by atoms with E-state index in [9.17, 15) is 21.6 Å². The topological polar surface area (TPSA) is 142 Å². The molecule has 3 rings (SSSR count). The molecule has 31 heavy (non-hydrogen) atoms. The van der Waals surface area contributed by atoms with Gasteiger partial charge in [-0.15, -0.1) is 0 Å². The van der Waals surface area contributed by atoms with E-state index < -0.39 is 37.3 Å². The fourth-order valence-corrected chi connectivity index (χ4v) is 6.50. The first-order chi connectivity index (χ1) is 14.6. The van der Waals surface area contributed by atoms with Crippen LogP contribution in [-0.4, -0.2) is 58.4 Å². The van der Waals surface area contributed by atoms with Crippen molar-refractivity contribution in [3.63, 3.8) is 0 Å². The van der Waals surface area contributed by atoms with Gasteiger partial charge in [0, 0.05) is 5.92 Å². The second-order valence-electron chi connectivity index (χ2n) is 6.58. The lowest BCUT2D eigenvalue weighted by atomic mass is 9.98. The molecule has 2 aliphatic rings. The normalized spacial score (nSPS) is 17.9. The highest BCUT2D eigenvalue weighted by Crippen LogP contribution is 2.41. The van der Waals surface area contributed by atoms with Crippen LogP contribution >= 0.6 is 0 Å². The molecule has 10 nitrogen and oxygen atoms in total. The highest BCUT2D eigenvalue weighted by atomic mass is 32.2. The molecule has 166 valence electrons. The van der Waals surface area contributed by atoms with Gasteiger partial charge in [-0.1, -0.05) is 31.2 Å². The van der Waals surface area contributed by atoms with E-state index in [1.807, 2.05) is 0 Å². The number of fused-ring (bicyclic) bond motifs is 1. The van der Waals surface area contributed by atoms with Crippen LogP contribution in [0, 0.1) is 5.92 Å². The average Bonchev–Trinajstić information content (AvgIpc) is 3.14. The number of hydrogen-bond acceptors (Lipinski definition) is 9. The number of hydrogen-bond donors (Lipinski definition) is 1. The Hall–Kier alpha value is -2.99. The van der Waals surface area contributed by atoms with Crippen molar-refractivity contribution in [1.82, 2.24) is 9.97 Å². The number of carbonyl (C=O) groups is 1. The average molecular weight is 468 g/mol. The Balaban J connectivity index is 1.92. The van der Waals surface area contributed by atoms with Crippen molar-refractivity contribution in [2.45, 2.75) is 6.92 Å². The molecule has 0 aliphatic heterocycles. The number of carbonyl (C=O) groups excluding carboxylic acids is 1. The molecule has 0 radical (unpaired) electrons. The van der Waals surface area contributed by atoms with Crippen LogP contribution in [0.5, 0.6) is 11.8 Å². The van der Waals surface area contributed by atoms with E-state index in [4.69, 9.17) is 9.47 Å². The van der Waals surface area contributed by atoms with Gasteiger partial charge in [0.2, 0.25) is 23.6 Å². The molecule has 2 aliphatic carbocycles. The maximum atomic E-state index is 13.1. The Morgan fingerprint density at radius 2 is 1.71 bits per heavy atom. The van der Waals surface area contributed by atoms with Gasteiger partial charge >= 0.3 is 0 Å². The van der Waals surface area contributed by atoms with Crippen molar-refractivity contribution in [2.24, 2.45) is 5.92 Å². The Labute approximate surface area is 180 Å². The Morgan fingerprint density at radius 3 is 2.29 bits per heavy atom. The molecule has 0 saturated carbocycles. The van der Waals surface area contributed by atoms with Crippen LogP contribution in [0.1, 0.15) is 6.92 Å². The number of nitrogens with zero attached hydrogens (tertiary/aromatic N) is 2. The van der Waals surface area contributed by atoms with Gasteiger partial charge in [-0.3, -0.25) is 10.1 Å². The van der Waals surface area contributed by atoms with Crippen molar-refractivity contribution >= 4 is 31.5 Å². The maximum Gasteiger partial charge on any atom is 0.242 e. The number of sulfone groups is 2. The van der Waals surface area contributed by atoms with Gasteiger partial charge in [-0.05, 0) is 11.6 Å². The van der Waals surface area contributed by atoms with E-state index in [1.165, 1.54) is 33.3 Å². The van der Waals surface area contributed by atoms with Crippen LogP contribution in [0.3, 0.4) is 0 Å². The van der Waals surface area contributed by atoms with Crippen molar-refractivity contribution in [1.29, 1.82) is 0 Å². The lowest BCUT2D eigenvalue weighted by molar-refractivity contribution is -0.113. The molecule has 1 unspecified atom stereocenters. The number of ether oxygens (including phenoxy) is 2. The predicted octanol–water partition coefficient (Wildman–Crippen LogP) is 1.18. The summed E-state index contributed by atoms with van der Waals surface area (Å²) in [6.45, 7) is 1.43. The molecule has 0 spiro atoms. The molecular weight excluding hydrogens is 446 g/mol. The fourth-order valence-electron chi connectivity index (χ4n) is 3.13. The molecule has 1 amide bonds. The minimum Gasteiger partial charge on any atom is -0.481 e. The van der Waals surface area contributed by atoms with Crippen LogP contribution in [0.15, 0.2) is 51.8 Å². The van der Waals surface area contributed by atoms with Gasteiger partial charge in [0.1, 0.15) is 5.75 Å².